The number of hydrogen-bond donors (Lipinski definition) is 0. The largest absolute Gasteiger partial charge is 0.743 e. The van der Waals surface area contributed by atoms with Gasteiger partial charge in [0.25, 0.3) is 5.41 Å². The molecule has 0 aliphatic carbocycles. The van der Waals surface area contributed by atoms with Crippen molar-refractivity contribution in [2.75, 3.05) is 0 Å². The fourth-order valence-electron chi connectivity index (χ4n) is 1.90. The molecule has 21 heteroatoms. The van der Waals surface area contributed by atoms with Crippen LogP contribution >= 0.6 is 0 Å². The van der Waals surface area contributed by atoms with Crippen LogP contribution in [0.25, 0.3) is 0 Å². The number of halogens is 17. The molecule has 0 aromatic rings. The summed E-state index contributed by atoms with van der Waals surface area (Å²) in [4.78, 5) is 0. The van der Waals surface area contributed by atoms with Gasteiger partial charge in [0.1, 0.15) is 0 Å². The summed E-state index contributed by atoms with van der Waals surface area (Å²) >= 11 is 0. The van der Waals surface area contributed by atoms with Crippen molar-refractivity contribution < 1.29 is 87.6 Å². The highest BCUT2D eigenvalue weighted by Gasteiger charge is 3.02. The Morgan fingerprint density at radius 2 is 0.724 bits per heavy atom. The minimum absolute atomic E-state index is 8.22. The van der Waals surface area contributed by atoms with Gasteiger partial charge in [-0.3, -0.25) is 0 Å². The monoisotopic (exact) mass is 499 g/mol. The van der Waals surface area contributed by atoms with E-state index in [0.29, 0.717) is 0 Å². The minimum atomic E-state index is -9.46. The van der Waals surface area contributed by atoms with Crippen LogP contribution in [0.2, 0.25) is 0 Å². The molecule has 0 fully saturated rings. The molecule has 0 rings (SSSR count). The highest BCUT2D eigenvalue weighted by molar-refractivity contribution is 7.86. The molecule has 1 unspecified atom stereocenters. The molecule has 0 aromatic carbocycles. The second-order valence-corrected chi connectivity index (χ2v) is 6.36. The van der Waals surface area contributed by atoms with E-state index >= 15 is 0 Å². The summed E-state index contributed by atoms with van der Waals surface area (Å²) in [5, 5.41) is -8.82. The number of alkyl halides is 17. The fourth-order valence-corrected chi connectivity index (χ4v) is 2.64. The Labute approximate surface area is 146 Å². The van der Waals surface area contributed by atoms with Gasteiger partial charge < -0.3 is 4.55 Å². The molecule has 0 saturated heterocycles. The Balaban J connectivity index is 8.17. The minimum Gasteiger partial charge on any atom is -0.743 e. The zero-order valence-electron chi connectivity index (χ0n) is 12.1. The summed E-state index contributed by atoms with van der Waals surface area (Å²) in [6.45, 7) is 0. The quantitative estimate of drug-likeness (QED) is 0.407. The Hall–Kier alpha value is -1.28. The van der Waals surface area contributed by atoms with E-state index in [1.807, 2.05) is 0 Å². The van der Waals surface area contributed by atoms with Gasteiger partial charge in [0.2, 0.25) is 0 Å². The normalized spacial score (nSPS) is 18.6. The van der Waals surface area contributed by atoms with Crippen LogP contribution in [0.15, 0.2) is 0 Å². The zero-order valence-corrected chi connectivity index (χ0v) is 12.9. The highest BCUT2D eigenvalue weighted by Crippen LogP contribution is 2.73. The molecule has 0 aliphatic rings. The van der Waals surface area contributed by atoms with E-state index in [2.05, 4.69) is 0 Å². The van der Waals surface area contributed by atoms with Crippen molar-refractivity contribution in [1.29, 1.82) is 0 Å². The predicted octanol–water partition coefficient (Wildman–Crippen LogP) is 4.70. The van der Waals surface area contributed by atoms with Gasteiger partial charge in [0.15, 0.2) is 10.1 Å². The lowest BCUT2D eigenvalue weighted by Gasteiger charge is -2.51. The van der Waals surface area contributed by atoms with Crippen molar-refractivity contribution in [1.82, 2.24) is 0 Å². The summed E-state index contributed by atoms with van der Waals surface area (Å²) in [5.41, 5.74) is -9.46. The fraction of sp³-hybridized carbons (Fsp3) is 1.00. The van der Waals surface area contributed by atoms with Crippen LogP contribution in [0, 0.1) is 5.41 Å². The van der Waals surface area contributed by atoms with Crippen molar-refractivity contribution in [3.63, 3.8) is 0 Å². The van der Waals surface area contributed by atoms with Crippen LogP contribution in [-0.2, 0) is 10.1 Å². The molecule has 176 valence electrons. The molecule has 0 amide bonds. The highest BCUT2D eigenvalue weighted by atomic mass is 32.2. The Morgan fingerprint density at radius 3 is 0.897 bits per heavy atom. The molecular weight excluding hydrogens is 499 g/mol. The standard InChI is InChI=1S/C8HF17O3S/c9-2(10,4(13,14)7(21,22)23)1(5(15,16)17,3(11,12)6(18,19)20)8(24,25)29(26,27)28/h(H,26,27,28)/p-1. The lowest BCUT2D eigenvalue weighted by Crippen LogP contribution is -2.80. The Bertz CT molecular complexity index is 725. The third-order valence-corrected chi connectivity index (χ3v) is 4.16. The van der Waals surface area contributed by atoms with E-state index in [9.17, 15) is 87.6 Å². The van der Waals surface area contributed by atoms with E-state index in [1.165, 1.54) is 0 Å². The summed E-state index contributed by atoms with van der Waals surface area (Å²) < 4.78 is 248. The predicted molar refractivity (Wildman–Crippen MR) is 50.1 cm³/mol. The van der Waals surface area contributed by atoms with E-state index in [0.717, 1.165) is 0 Å². The van der Waals surface area contributed by atoms with Crippen molar-refractivity contribution in [2.45, 2.75) is 41.6 Å². The maximum absolute atomic E-state index is 13.5. The smallest absolute Gasteiger partial charge is 0.459 e. The maximum atomic E-state index is 13.5. The van der Waals surface area contributed by atoms with Gasteiger partial charge >= 0.3 is 41.6 Å². The average molecular weight is 499 g/mol. The van der Waals surface area contributed by atoms with E-state index in [4.69, 9.17) is 0 Å². The van der Waals surface area contributed by atoms with E-state index < -0.39 is 57.1 Å². The summed E-state index contributed by atoms with van der Waals surface area (Å²) in [6.07, 6.45) is -25.6. The average Bonchev–Trinajstić information content (AvgIpc) is 2.31. The first-order valence-electron chi connectivity index (χ1n) is 5.67. The van der Waals surface area contributed by atoms with Crippen LogP contribution in [0.3, 0.4) is 0 Å². The Kier molecular flexibility index (Phi) is 6.08. The lowest BCUT2D eigenvalue weighted by molar-refractivity contribution is -0.496. The van der Waals surface area contributed by atoms with Gasteiger partial charge in [-0.15, -0.1) is 0 Å². The van der Waals surface area contributed by atoms with Crippen molar-refractivity contribution in [2.24, 2.45) is 5.41 Å². The molecule has 3 nitrogen and oxygen atoms in total. The first-order valence-corrected chi connectivity index (χ1v) is 7.08. The molecule has 0 aromatic heterocycles. The van der Waals surface area contributed by atoms with Crippen molar-refractivity contribution in [3.05, 3.63) is 0 Å². The zero-order chi connectivity index (χ0) is 24.5. The SMILES string of the molecule is O=S(=O)([O-])C(F)(F)C(C(F)(F)F)(C(F)(F)C(F)(F)F)C(F)(F)C(F)(F)C(F)(F)F. The summed E-state index contributed by atoms with van der Waals surface area (Å²) in [7, 11) is -8.84. The Morgan fingerprint density at radius 1 is 0.448 bits per heavy atom. The molecule has 0 spiro atoms. The molecule has 0 radical (unpaired) electrons. The van der Waals surface area contributed by atoms with Crippen molar-refractivity contribution in [3.8, 4) is 0 Å². The van der Waals surface area contributed by atoms with E-state index in [1.54, 1.807) is 0 Å². The second kappa shape index (κ2) is 6.36. The van der Waals surface area contributed by atoms with Crippen LogP contribution in [-0.4, -0.2) is 54.5 Å². The molecule has 1 atom stereocenters. The maximum Gasteiger partial charge on any atom is 0.459 e. The molecule has 0 saturated carbocycles. The molecular formula is C8F17O3S-. The van der Waals surface area contributed by atoms with Gasteiger partial charge in [-0.1, -0.05) is 0 Å². The molecule has 0 heterocycles. The first-order chi connectivity index (χ1) is 12.0. The van der Waals surface area contributed by atoms with Crippen molar-refractivity contribution >= 4 is 10.1 Å². The van der Waals surface area contributed by atoms with Gasteiger partial charge in [-0.25, -0.2) is 8.42 Å². The van der Waals surface area contributed by atoms with Gasteiger partial charge in [0.05, 0.1) is 0 Å². The number of hydrogen-bond acceptors (Lipinski definition) is 3. The topological polar surface area (TPSA) is 57.2 Å². The van der Waals surface area contributed by atoms with E-state index in [-0.39, 0.29) is 0 Å². The molecule has 0 N–H and O–H groups in total. The van der Waals surface area contributed by atoms with Gasteiger partial charge in [-0.2, -0.15) is 74.6 Å². The van der Waals surface area contributed by atoms with Crippen LogP contribution in [0.1, 0.15) is 0 Å². The number of rotatable bonds is 5. The third kappa shape index (κ3) is 3.26. The molecule has 29 heavy (non-hydrogen) atoms. The van der Waals surface area contributed by atoms with Crippen LogP contribution in [0.4, 0.5) is 74.6 Å². The van der Waals surface area contributed by atoms with Gasteiger partial charge in [-0.05, 0) is 0 Å². The summed E-state index contributed by atoms with van der Waals surface area (Å²) in [5.74, 6) is -27.2. The van der Waals surface area contributed by atoms with Crippen LogP contribution in [0.5, 0.6) is 0 Å². The van der Waals surface area contributed by atoms with Crippen LogP contribution < -0.4 is 0 Å². The second-order valence-electron chi connectivity index (χ2n) is 4.94. The summed E-state index contributed by atoms with van der Waals surface area (Å²) in [6, 6.07) is 0. The van der Waals surface area contributed by atoms with Gasteiger partial charge in [0, 0.05) is 0 Å². The first kappa shape index (κ1) is 27.7. The molecule has 0 bridgehead atoms. The lowest BCUT2D eigenvalue weighted by atomic mass is 9.71. The third-order valence-electron chi connectivity index (χ3n) is 3.22. The molecule has 0 aliphatic heterocycles.